The molecule has 1 unspecified atom stereocenters. The van der Waals surface area contributed by atoms with Gasteiger partial charge in [0.25, 0.3) is 0 Å². The maximum absolute atomic E-state index is 13.4. The molecule has 0 aliphatic heterocycles. The number of halogens is 5. The van der Waals surface area contributed by atoms with E-state index in [-0.39, 0.29) is 0 Å². The molecule has 0 spiro atoms. The van der Waals surface area contributed by atoms with Crippen molar-refractivity contribution in [1.82, 2.24) is 5.32 Å². The van der Waals surface area contributed by atoms with Gasteiger partial charge in [0.1, 0.15) is 6.61 Å². The van der Waals surface area contributed by atoms with Crippen molar-refractivity contribution in [2.45, 2.75) is 25.8 Å². The third-order valence-electron chi connectivity index (χ3n) is 2.86. The highest BCUT2D eigenvalue weighted by Gasteiger charge is 2.30. The Bertz CT molecular complexity index is 483. The molecule has 0 aliphatic rings. The molecule has 0 radical (unpaired) electrons. The molecule has 0 amide bonds. The van der Waals surface area contributed by atoms with Crippen LogP contribution in [-0.4, -0.2) is 30.4 Å². The zero-order chi connectivity index (χ0) is 16.2. The van der Waals surface area contributed by atoms with Crippen LogP contribution in [0, 0.1) is 29.1 Å². The molecule has 2 N–H and O–H groups in total. The van der Waals surface area contributed by atoms with Crippen LogP contribution in [0.25, 0.3) is 0 Å². The zero-order valence-corrected chi connectivity index (χ0v) is 11.6. The maximum atomic E-state index is 13.4. The third-order valence-corrected chi connectivity index (χ3v) is 2.86. The Morgan fingerprint density at radius 1 is 1.00 bits per heavy atom. The number of nitrogens with one attached hydrogen (secondary N) is 1. The normalized spacial score (nSPS) is 14.1. The number of benzene rings is 1. The Morgan fingerprint density at radius 2 is 1.48 bits per heavy atom. The second-order valence-electron chi connectivity index (χ2n) is 4.83. The first kappa shape index (κ1) is 17.6. The predicted octanol–water partition coefficient (Wildman–Crippen LogP) is 2.51. The van der Waals surface area contributed by atoms with E-state index in [0.29, 0.717) is 6.54 Å². The van der Waals surface area contributed by atoms with E-state index in [1.807, 2.05) is 6.92 Å². The monoisotopic (exact) mass is 313 g/mol. The van der Waals surface area contributed by atoms with Crippen LogP contribution >= 0.6 is 0 Å². The van der Waals surface area contributed by atoms with Gasteiger partial charge in [-0.3, -0.25) is 0 Å². The van der Waals surface area contributed by atoms with Crippen LogP contribution in [0.5, 0.6) is 5.75 Å². The molecule has 0 saturated carbocycles. The summed E-state index contributed by atoms with van der Waals surface area (Å²) in [7, 11) is 0. The Kier molecular flexibility index (Phi) is 5.91. The molecule has 1 aromatic carbocycles. The van der Waals surface area contributed by atoms with Crippen LogP contribution < -0.4 is 10.1 Å². The van der Waals surface area contributed by atoms with Gasteiger partial charge in [-0.25, -0.2) is 13.2 Å². The summed E-state index contributed by atoms with van der Waals surface area (Å²) in [6.45, 7) is 2.92. The van der Waals surface area contributed by atoms with E-state index < -0.39 is 53.6 Å². The summed E-state index contributed by atoms with van der Waals surface area (Å²) in [6, 6.07) is 0. The Balaban J connectivity index is 2.98. The molecule has 21 heavy (non-hydrogen) atoms. The lowest BCUT2D eigenvalue weighted by atomic mass is 10.1. The summed E-state index contributed by atoms with van der Waals surface area (Å²) in [5.41, 5.74) is -1.07. The third kappa shape index (κ3) is 3.82. The van der Waals surface area contributed by atoms with Crippen molar-refractivity contribution in [2.24, 2.45) is 0 Å². The maximum Gasteiger partial charge on any atom is 0.206 e. The average molecular weight is 313 g/mol. The number of rotatable bonds is 7. The summed E-state index contributed by atoms with van der Waals surface area (Å²) in [5.74, 6) is -11.8. The van der Waals surface area contributed by atoms with Gasteiger partial charge in [-0.15, -0.1) is 0 Å². The van der Waals surface area contributed by atoms with E-state index in [9.17, 15) is 27.1 Å². The second-order valence-corrected chi connectivity index (χ2v) is 4.83. The van der Waals surface area contributed by atoms with Crippen molar-refractivity contribution in [2.75, 3.05) is 19.8 Å². The Labute approximate surface area is 118 Å². The van der Waals surface area contributed by atoms with Crippen molar-refractivity contribution >= 4 is 0 Å². The molecule has 0 saturated heterocycles. The van der Waals surface area contributed by atoms with Crippen molar-refractivity contribution in [3.8, 4) is 5.75 Å². The van der Waals surface area contributed by atoms with Gasteiger partial charge in [0.05, 0.1) is 12.1 Å². The van der Waals surface area contributed by atoms with Gasteiger partial charge in [0, 0.05) is 0 Å². The molecule has 8 heteroatoms. The molecule has 0 bridgehead atoms. The van der Waals surface area contributed by atoms with E-state index in [0.717, 1.165) is 6.42 Å². The molecule has 120 valence electrons. The molecule has 1 atom stereocenters. The quantitative estimate of drug-likeness (QED) is 0.462. The first-order chi connectivity index (χ1) is 9.77. The van der Waals surface area contributed by atoms with Crippen LogP contribution in [0.2, 0.25) is 0 Å². The Morgan fingerprint density at radius 3 is 1.90 bits per heavy atom. The van der Waals surface area contributed by atoms with Crippen molar-refractivity contribution in [3.63, 3.8) is 0 Å². The molecule has 0 aromatic heterocycles. The predicted molar refractivity (Wildman–Crippen MR) is 65.5 cm³/mol. The minimum atomic E-state index is -2.24. The van der Waals surface area contributed by atoms with Crippen LogP contribution in [0.15, 0.2) is 0 Å². The number of aliphatic hydroxyl groups excluding tert-OH is 1. The van der Waals surface area contributed by atoms with E-state index in [1.165, 1.54) is 6.92 Å². The highest BCUT2D eigenvalue weighted by atomic mass is 19.2. The highest BCUT2D eigenvalue weighted by molar-refractivity contribution is 5.29. The fourth-order valence-corrected chi connectivity index (χ4v) is 1.52. The Hall–Kier alpha value is -1.41. The molecule has 0 aliphatic carbocycles. The van der Waals surface area contributed by atoms with Gasteiger partial charge in [-0.2, -0.15) is 8.78 Å². The summed E-state index contributed by atoms with van der Waals surface area (Å²) >= 11 is 0. The lowest BCUT2D eigenvalue weighted by Crippen LogP contribution is -2.50. The molecule has 0 fully saturated rings. The van der Waals surface area contributed by atoms with Crippen LogP contribution in [0.4, 0.5) is 22.0 Å². The van der Waals surface area contributed by atoms with Gasteiger partial charge in [0.15, 0.2) is 5.75 Å². The van der Waals surface area contributed by atoms with Crippen molar-refractivity contribution in [1.29, 1.82) is 0 Å². The molecule has 3 nitrogen and oxygen atoms in total. The van der Waals surface area contributed by atoms with Gasteiger partial charge in [-0.1, -0.05) is 6.92 Å². The standard InChI is InChI=1S/C13H16F5NO2/c1-3-4-19-13(2,5-20)6-21-12-10(17)8(15)7(14)9(16)11(12)18/h19-20H,3-6H2,1-2H3. The molecule has 1 aromatic rings. The van der Waals surface area contributed by atoms with Gasteiger partial charge in [0.2, 0.25) is 29.1 Å². The summed E-state index contributed by atoms with van der Waals surface area (Å²) in [4.78, 5) is 0. The van der Waals surface area contributed by atoms with E-state index in [1.54, 1.807) is 0 Å². The van der Waals surface area contributed by atoms with E-state index >= 15 is 0 Å². The molecule has 1 rings (SSSR count). The summed E-state index contributed by atoms with van der Waals surface area (Å²) < 4.78 is 70.4. The molecular weight excluding hydrogens is 297 g/mol. The van der Waals surface area contributed by atoms with Crippen LogP contribution in [0.3, 0.4) is 0 Å². The highest BCUT2D eigenvalue weighted by Crippen LogP contribution is 2.29. The lowest BCUT2D eigenvalue weighted by Gasteiger charge is -2.28. The summed E-state index contributed by atoms with van der Waals surface area (Å²) in [6.07, 6.45) is 0.720. The van der Waals surface area contributed by atoms with E-state index in [2.05, 4.69) is 5.32 Å². The molecular formula is C13H16F5NO2. The first-order valence-corrected chi connectivity index (χ1v) is 6.27. The summed E-state index contributed by atoms with van der Waals surface area (Å²) in [5, 5.41) is 12.1. The van der Waals surface area contributed by atoms with Gasteiger partial charge in [-0.05, 0) is 19.9 Å². The topological polar surface area (TPSA) is 41.5 Å². The first-order valence-electron chi connectivity index (χ1n) is 6.27. The van der Waals surface area contributed by atoms with E-state index in [4.69, 9.17) is 4.74 Å². The number of aliphatic hydroxyl groups is 1. The second kappa shape index (κ2) is 7.04. The number of ether oxygens (including phenoxy) is 1. The minimum Gasteiger partial charge on any atom is -0.485 e. The largest absolute Gasteiger partial charge is 0.485 e. The fraction of sp³-hybridized carbons (Fsp3) is 0.538. The minimum absolute atomic E-state index is 0.442. The van der Waals surface area contributed by atoms with Crippen molar-refractivity contribution < 1.29 is 31.8 Å². The van der Waals surface area contributed by atoms with Crippen LogP contribution in [-0.2, 0) is 0 Å². The number of hydrogen-bond acceptors (Lipinski definition) is 3. The molecule has 0 heterocycles. The fourth-order valence-electron chi connectivity index (χ4n) is 1.52. The van der Waals surface area contributed by atoms with Crippen LogP contribution in [0.1, 0.15) is 20.3 Å². The average Bonchev–Trinajstić information content (AvgIpc) is 2.49. The van der Waals surface area contributed by atoms with Crippen molar-refractivity contribution in [3.05, 3.63) is 29.1 Å². The van der Waals surface area contributed by atoms with Gasteiger partial charge < -0.3 is 15.2 Å². The number of hydrogen-bond donors (Lipinski definition) is 2. The zero-order valence-electron chi connectivity index (χ0n) is 11.6. The SMILES string of the molecule is CCCNC(C)(CO)COc1c(F)c(F)c(F)c(F)c1F. The smallest absolute Gasteiger partial charge is 0.206 e. The lowest BCUT2D eigenvalue weighted by molar-refractivity contribution is 0.109. The van der Waals surface area contributed by atoms with Gasteiger partial charge >= 0.3 is 0 Å².